The quantitative estimate of drug-likeness (QED) is 0.624. The van der Waals surface area contributed by atoms with E-state index < -0.39 is 10.8 Å². The van der Waals surface area contributed by atoms with Crippen molar-refractivity contribution in [1.82, 2.24) is 0 Å². The van der Waals surface area contributed by atoms with Crippen LogP contribution in [0.1, 0.15) is 10.4 Å². The van der Waals surface area contributed by atoms with Crippen LogP contribution in [0.2, 0.25) is 0 Å². The summed E-state index contributed by atoms with van der Waals surface area (Å²) >= 11 is 0. The zero-order valence-electron chi connectivity index (χ0n) is 7.80. The van der Waals surface area contributed by atoms with Gasteiger partial charge in [-0.15, -0.1) is 12.4 Å². The predicted molar refractivity (Wildman–Crippen MR) is 55.4 cm³/mol. The number of nitrogens with two attached hydrogens (primary N) is 1. The number of rotatable bonds is 3. The third-order valence-electron chi connectivity index (χ3n) is 1.62. The number of benzene rings is 1. The first-order chi connectivity index (χ1) is 6.54. The van der Waals surface area contributed by atoms with E-state index in [0.717, 1.165) is 6.07 Å². The lowest BCUT2D eigenvalue weighted by Crippen LogP contribution is -2.11. The Bertz CT molecular complexity index is 362. The van der Waals surface area contributed by atoms with Gasteiger partial charge in [-0.25, -0.2) is 0 Å². The number of non-ortho nitro benzene ring substituents is 1. The van der Waals surface area contributed by atoms with Crippen LogP contribution in [0.3, 0.4) is 0 Å². The Morgan fingerprint density at radius 3 is 2.47 bits per heavy atom. The van der Waals surface area contributed by atoms with Crippen molar-refractivity contribution in [2.45, 2.75) is 0 Å². The van der Waals surface area contributed by atoms with E-state index in [0.29, 0.717) is 0 Å². The Morgan fingerprint density at radius 2 is 2.07 bits per heavy atom. The van der Waals surface area contributed by atoms with Gasteiger partial charge in [-0.3, -0.25) is 14.9 Å². The fourth-order valence-electron chi connectivity index (χ4n) is 0.949. The third kappa shape index (κ3) is 3.10. The minimum Gasteiger partial charge on any atom is -0.496 e. The molecule has 0 spiro atoms. The number of carbonyl (C=O) groups is 1. The fourth-order valence-corrected chi connectivity index (χ4v) is 0.949. The maximum Gasteiger partial charge on any atom is 0.273 e. The summed E-state index contributed by atoms with van der Waals surface area (Å²) in [6.07, 6.45) is 0. The molecule has 0 radical (unpaired) electrons. The molecule has 1 amide bonds. The van der Waals surface area contributed by atoms with Crippen LogP contribution in [0.4, 0.5) is 5.69 Å². The Balaban J connectivity index is 0.00000196. The SMILES string of the molecule is COc1cc(C(N)=O)cc([N+](=O)[O-])c1.Cl. The van der Waals surface area contributed by atoms with Gasteiger partial charge in [0.2, 0.25) is 5.91 Å². The molecular weight excluding hydrogens is 224 g/mol. The molecule has 0 bridgehead atoms. The molecule has 0 fully saturated rings. The molecule has 82 valence electrons. The van der Waals surface area contributed by atoms with Crippen molar-refractivity contribution in [3.05, 3.63) is 33.9 Å². The van der Waals surface area contributed by atoms with Crippen LogP contribution in [0.15, 0.2) is 18.2 Å². The number of hydrogen-bond acceptors (Lipinski definition) is 4. The molecule has 15 heavy (non-hydrogen) atoms. The average molecular weight is 233 g/mol. The fraction of sp³-hybridized carbons (Fsp3) is 0.125. The van der Waals surface area contributed by atoms with Crippen molar-refractivity contribution in [1.29, 1.82) is 0 Å². The van der Waals surface area contributed by atoms with Gasteiger partial charge in [0.05, 0.1) is 18.1 Å². The summed E-state index contributed by atoms with van der Waals surface area (Å²) in [5.41, 5.74) is 4.82. The third-order valence-corrected chi connectivity index (χ3v) is 1.62. The van der Waals surface area contributed by atoms with Gasteiger partial charge in [-0.2, -0.15) is 0 Å². The summed E-state index contributed by atoms with van der Waals surface area (Å²) in [7, 11) is 1.35. The Labute approximate surface area is 91.6 Å². The standard InChI is InChI=1S/C8H8N2O4.ClH/c1-14-7-3-5(8(9)11)2-6(4-7)10(12)13;/h2-4H,1H3,(H2,9,11);1H. The second-order valence-electron chi connectivity index (χ2n) is 2.54. The summed E-state index contributed by atoms with van der Waals surface area (Å²) in [5, 5.41) is 10.4. The van der Waals surface area contributed by atoms with Gasteiger partial charge in [0.1, 0.15) is 5.75 Å². The minimum atomic E-state index is -0.730. The Morgan fingerprint density at radius 1 is 1.47 bits per heavy atom. The number of nitro benzene ring substituents is 1. The van der Waals surface area contributed by atoms with E-state index in [1.807, 2.05) is 0 Å². The van der Waals surface area contributed by atoms with Crippen molar-refractivity contribution in [2.24, 2.45) is 5.73 Å². The van der Waals surface area contributed by atoms with Crippen LogP contribution in [0.5, 0.6) is 5.75 Å². The number of methoxy groups -OCH3 is 1. The van der Waals surface area contributed by atoms with Gasteiger partial charge < -0.3 is 10.5 Å². The lowest BCUT2D eigenvalue weighted by Gasteiger charge is -2.01. The monoisotopic (exact) mass is 232 g/mol. The van der Waals surface area contributed by atoms with Crippen LogP contribution in [0.25, 0.3) is 0 Å². The van der Waals surface area contributed by atoms with E-state index in [1.54, 1.807) is 0 Å². The highest BCUT2D eigenvalue weighted by atomic mass is 35.5. The number of nitrogens with zero attached hydrogens (tertiary/aromatic N) is 1. The summed E-state index contributed by atoms with van der Waals surface area (Å²) < 4.78 is 4.78. The van der Waals surface area contributed by atoms with Crippen molar-refractivity contribution in [2.75, 3.05) is 7.11 Å². The molecule has 0 saturated heterocycles. The van der Waals surface area contributed by atoms with E-state index in [9.17, 15) is 14.9 Å². The number of hydrogen-bond donors (Lipinski definition) is 1. The first kappa shape index (κ1) is 13.2. The summed E-state index contributed by atoms with van der Waals surface area (Å²) in [4.78, 5) is 20.6. The number of halogens is 1. The summed E-state index contributed by atoms with van der Waals surface area (Å²) in [6, 6.07) is 3.66. The van der Waals surface area contributed by atoms with E-state index in [2.05, 4.69) is 0 Å². The lowest BCUT2D eigenvalue weighted by atomic mass is 10.2. The molecule has 1 rings (SSSR count). The maximum absolute atomic E-state index is 10.8. The molecule has 6 nitrogen and oxygen atoms in total. The van der Waals surface area contributed by atoms with E-state index >= 15 is 0 Å². The average Bonchev–Trinajstić information content (AvgIpc) is 2.16. The highest BCUT2D eigenvalue weighted by Crippen LogP contribution is 2.21. The van der Waals surface area contributed by atoms with Crippen molar-refractivity contribution in [3.8, 4) is 5.75 Å². The van der Waals surface area contributed by atoms with Crippen LogP contribution in [-0.2, 0) is 0 Å². The van der Waals surface area contributed by atoms with Gasteiger partial charge in [0.25, 0.3) is 5.69 Å². The van der Waals surface area contributed by atoms with Crippen LogP contribution in [-0.4, -0.2) is 17.9 Å². The van der Waals surface area contributed by atoms with E-state index in [1.165, 1.54) is 19.2 Å². The predicted octanol–water partition coefficient (Wildman–Crippen LogP) is 1.12. The zero-order valence-corrected chi connectivity index (χ0v) is 8.61. The normalized spacial score (nSPS) is 8.87. The van der Waals surface area contributed by atoms with Crippen molar-refractivity contribution >= 4 is 24.0 Å². The molecule has 0 aliphatic heterocycles. The molecule has 0 aliphatic rings. The first-order valence-corrected chi connectivity index (χ1v) is 3.68. The molecule has 1 aromatic carbocycles. The lowest BCUT2D eigenvalue weighted by molar-refractivity contribution is -0.384. The van der Waals surface area contributed by atoms with Gasteiger partial charge >= 0.3 is 0 Å². The first-order valence-electron chi connectivity index (χ1n) is 3.68. The molecule has 0 unspecified atom stereocenters. The second-order valence-corrected chi connectivity index (χ2v) is 2.54. The van der Waals surface area contributed by atoms with Crippen molar-refractivity contribution < 1.29 is 14.5 Å². The van der Waals surface area contributed by atoms with Crippen LogP contribution in [0, 0.1) is 10.1 Å². The summed E-state index contributed by atoms with van der Waals surface area (Å²) in [5.74, 6) is -0.500. The topological polar surface area (TPSA) is 95.5 Å². The molecule has 0 heterocycles. The molecular formula is C8H9ClN2O4. The number of primary amides is 1. The van der Waals surface area contributed by atoms with Gasteiger partial charge in [-0.05, 0) is 6.07 Å². The van der Waals surface area contributed by atoms with E-state index in [4.69, 9.17) is 10.5 Å². The van der Waals surface area contributed by atoms with Crippen LogP contribution < -0.4 is 10.5 Å². The van der Waals surface area contributed by atoms with Gasteiger partial charge in [0.15, 0.2) is 0 Å². The number of nitro groups is 1. The largest absolute Gasteiger partial charge is 0.496 e. The highest BCUT2D eigenvalue weighted by molar-refractivity contribution is 5.93. The molecule has 7 heteroatoms. The Kier molecular flexibility index (Phi) is 4.53. The highest BCUT2D eigenvalue weighted by Gasteiger charge is 2.12. The zero-order chi connectivity index (χ0) is 10.7. The summed E-state index contributed by atoms with van der Waals surface area (Å²) in [6.45, 7) is 0. The molecule has 0 atom stereocenters. The number of ether oxygens (including phenoxy) is 1. The molecule has 2 N–H and O–H groups in total. The molecule has 0 aromatic heterocycles. The molecule has 1 aromatic rings. The second kappa shape index (κ2) is 5.16. The molecule has 0 aliphatic carbocycles. The van der Waals surface area contributed by atoms with Crippen LogP contribution >= 0.6 is 12.4 Å². The van der Waals surface area contributed by atoms with Crippen molar-refractivity contribution in [3.63, 3.8) is 0 Å². The van der Waals surface area contributed by atoms with E-state index in [-0.39, 0.29) is 29.4 Å². The maximum atomic E-state index is 10.8. The molecule has 0 saturated carbocycles. The Hall–Kier alpha value is -1.82. The minimum absolute atomic E-state index is 0. The number of amides is 1. The van der Waals surface area contributed by atoms with Gasteiger partial charge in [0, 0.05) is 11.6 Å². The smallest absolute Gasteiger partial charge is 0.273 e. The van der Waals surface area contributed by atoms with Gasteiger partial charge in [-0.1, -0.05) is 0 Å². The number of carbonyl (C=O) groups excluding carboxylic acids is 1.